The Morgan fingerprint density at radius 1 is 0.545 bits per heavy atom. The molecule has 0 rings (SSSR count). The Bertz CT molecular complexity index is 183. The Kier molecular flexibility index (Phi) is 24.1. The molecule has 0 aromatic heterocycles. The fourth-order valence-electron chi connectivity index (χ4n) is 3.01. The highest BCUT2D eigenvalue weighted by atomic mass is 79.9. The van der Waals surface area contributed by atoms with Gasteiger partial charge in [-0.15, -0.1) is 17.0 Å². The fourth-order valence-corrected chi connectivity index (χ4v) is 3.01. The maximum atomic E-state index is 5.75. The van der Waals surface area contributed by atoms with Crippen molar-refractivity contribution in [3.63, 3.8) is 0 Å². The minimum absolute atomic E-state index is 0. The van der Waals surface area contributed by atoms with E-state index in [2.05, 4.69) is 13.8 Å². The zero-order valence-corrected chi connectivity index (χ0v) is 17.3. The highest BCUT2D eigenvalue weighted by molar-refractivity contribution is 8.93. The molecular formula is C20H44BrN. The van der Waals surface area contributed by atoms with Crippen molar-refractivity contribution in [3.05, 3.63) is 0 Å². The van der Waals surface area contributed by atoms with Crippen LogP contribution < -0.4 is 5.73 Å². The van der Waals surface area contributed by atoms with Gasteiger partial charge in [-0.05, 0) is 13.3 Å². The second kappa shape index (κ2) is 21.4. The topological polar surface area (TPSA) is 26.0 Å². The smallest absolute Gasteiger partial charge is 0.00104 e. The maximum absolute atomic E-state index is 5.75. The third-order valence-electron chi connectivity index (χ3n) is 4.51. The summed E-state index contributed by atoms with van der Waals surface area (Å²) in [4.78, 5) is 0. The summed E-state index contributed by atoms with van der Waals surface area (Å²) >= 11 is 0. The molecule has 1 unspecified atom stereocenters. The lowest BCUT2D eigenvalue weighted by Crippen LogP contribution is -2.13. The van der Waals surface area contributed by atoms with Crippen LogP contribution in [-0.4, -0.2) is 6.04 Å². The number of hydrogen-bond acceptors (Lipinski definition) is 1. The van der Waals surface area contributed by atoms with Crippen molar-refractivity contribution in [2.45, 2.75) is 129 Å². The van der Waals surface area contributed by atoms with Gasteiger partial charge in [0.1, 0.15) is 0 Å². The molecule has 0 aliphatic heterocycles. The van der Waals surface area contributed by atoms with Crippen LogP contribution in [0.3, 0.4) is 0 Å². The Hall–Kier alpha value is 0.440. The van der Waals surface area contributed by atoms with E-state index in [4.69, 9.17) is 5.73 Å². The van der Waals surface area contributed by atoms with Crippen molar-refractivity contribution in [3.8, 4) is 0 Å². The summed E-state index contributed by atoms with van der Waals surface area (Å²) < 4.78 is 0. The van der Waals surface area contributed by atoms with Gasteiger partial charge in [-0.25, -0.2) is 0 Å². The van der Waals surface area contributed by atoms with Crippen molar-refractivity contribution in [2.24, 2.45) is 5.73 Å². The second-order valence-corrected chi connectivity index (χ2v) is 7.07. The summed E-state index contributed by atoms with van der Waals surface area (Å²) in [6.45, 7) is 4.41. The normalized spacial score (nSPS) is 12.1. The van der Waals surface area contributed by atoms with Crippen LogP contribution in [0, 0.1) is 0 Å². The summed E-state index contributed by atoms with van der Waals surface area (Å²) in [7, 11) is 0. The number of nitrogens with two attached hydrogens (primary N) is 1. The van der Waals surface area contributed by atoms with Gasteiger partial charge in [-0.2, -0.15) is 0 Å². The Morgan fingerprint density at radius 2 is 0.818 bits per heavy atom. The van der Waals surface area contributed by atoms with E-state index in [0.717, 1.165) is 0 Å². The molecule has 0 amide bonds. The van der Waals surface area contributed by atoms with Crippen LogP contribution in [0.5, 0.6) is 0 Å². The SMILES string of the molecule is Br.CCCCCCCCCCCCCCCCCCC(C)N. The zero-order valence-electron chi connectivity index (χ0n) is 15.6. The van der Waals surface area contributed by atoms with Gasteiger partial charge in [0.15, 0.2) is 0 Å². The van der Waals surface area contributed by atoms with Crippen molar-refractivity contribution < 1.29 is 0 Å². The van der Waals surface area contributed by atoms with E-state index < -0.39 is 0 Å². The minimum Gasteiger partial charge on any atom is -0.328 e. The molecule has 22 heavy (non-hydrogen) atoms. The van der Waals surface area contributed by atoms with Gasteiger partial charge in [0, 0.05) is 6.04 Å². The van der Waals surface area contributed by atoms with Crippen molar-refractivity contribution in [1.29, 1.82) is 0 Å². The molecule has 0 aromatic carbocycles. The third kappa shape index (κ3) is 22.7. The van der Waals surface area contributed by atoms with Crippen LogP contribution in [0.15, 0.2) is 0 Å². The molecule has 0 aliphatic rings. The van der Waals surface area contributed by atoms with E-state index in [1.165, 1.54) is 109 Å². The Morgan fingerprint density at radius 3 is 1.09 bits per heavy atom. The molecule has 0 spiro atoms. The number of unbranched alkanes of at least 4 members (excludes halogenated alkanes) is 15. The maximum Gasteiger partial charge on any atom is 0.00104 e. The zero-order chi connectivity index (χ0) is 15.6. The quantitative estimate of drug-likeness (QED) is 0.260. The van der Waals surface area contributed by atoms with E-state index in [1.54, 1.807) is 0 Å². The highest BCUT2D eigenvalue weighted by Crippen LogP contribution is 2.14. The Labute approximate surface area is 152 Å². The highest BCUT2D eigenvalue weighted by Gasteiger charge is 1.96. The summed E-state index contributed by atoms with van der Waals surface area (Å²) in [6, 6.07) is 0.400. The molecule has 2 N–H and O–H groups in total. The molecule has 0 bridgehead atoms. The molecule has 0 saturated heterocycles. The second-order valence-electron chi connectivity index (χ2n) is 7.07. The molecule has 2 heteroatoms. The summed E-state index contributed by atoms with van der Waals surface area (Å²) in [5, 5.41) is 0. The summed E-state index contributed by atoms with van der Waals surface area (Å²) in [6.07, 6.45) is 24.3. The van der Waals surface area contributed by atoms with E-state index in [9.17, 15) is 0 Å². The lowest BCUT2D eigenvalue weighted by molar-refractivity contribution is 0.520. The van der Waals surface area contributed by atoms with Gasteiger partial charge < -0.3 is 5.73 Å². The lowest BCUT2D eigenvalue weighted by Gasteiger charge is -2.05. The van der Waals surface area contributed by atoms with E-state index in [1.807, 2.05) is 0 Å². The average Bonchev–Trinajstić information content (AvgIpc) is 2.46. The predicted molar refractivity (Wildman–Crippen MR) is 108 cm³/mol. The molecule has 0 saturated carbocycles. The molecular weight excluding hydrogens is 334 g/mol. The molecule has 0 aliphatic carbocycles. The first-order valence-corrected chi connectivity index (χ1v) is 10.0. The van der Waals surface area contributed by atoms with Gasteiger partial charge in [-0.1, -0.05) is 110 Å². The van der Waals surface area contributed by atoms with Crippen molar-refractivity contribution >= 4 is 17.0 Å². The van der Waals surface area contributed by atoms with Gasteiger partial charge >= 0.3 is 0 Å². The van der Waals surface area contributed by atoms with Gasteiger partial charge in [0.25, 0.3) is 0 Å². The molecule has 136 valence electrons. The largest absolute Gasteiger partial charge is 0.328 e. The number of rotatable bonds is 17. The van der Waals surface area contributed by atoms with Crippen LogP contribution in [0.2, 0.25) is 0 Å². The molecule has 0 fully saturated rings. The summed E-state index contributed by atoms with van der Waals surface area (Å²) in [5.74, 6) is 0. The number of halogens is 1. The van der Waals surface area contributed by atoms with Gasteiger partial charge in [-0.3, -0.25) is 0 Å². The van der Waals surface area contributed by atoms with E-state index >= 15 is 0 Å². The van der Waals surface area contributed by atoms with E-state index in [-0.39, 0.29) is 17.0 Å². The van der Waals surface area contributed by atoms with Crippen LogP contribution in [0.4, 0.5) is 0 Å². The van der Waals surface area contributed by atoms with Crippen LogP contribution >= 0.6 is 17.0 Å². The van der Waals surface area contributed by atoms with Crippen molar-refractivity contribution in [2.75, 3.05) is 0 Å². The molecule has 0 heterocycles. The van der Waals surface area contributed by atoms with Crippen LogP contribution in [0.25, 0.3) is 0 Å². The van der Waals surface area contributed by atoms with Crippen LogP contribution in [0.1, 0.15) is 123 Å². The first kappa shape index (κ1) is 24.7. The molecule has 1 nitrogen and oxygen atoms in total. The van der Waals surface area contributed by atoms with Crippen LogP contribution in [-0.2, 0) is 0 Å². The fraction of sp³-hybridized carbons (Fsp3) is 1.00. The monoisotopic (exact) mass is 377 g/mol. The van der Waals surface area contributed by atoms with Crippen molar-refractivity contribution in [1.82, 2.24) is 0 Å². The molecule has 0 aromatic rings. The first-order chi connectivity index (χ1) is 10.3. The molecule has 0 radical (unpaired) electrons. The third-order valence-corrected chi connectivity index (χ3v) is 4.51. The minimum atomic E-state index is 0. The Balaban J connectivity index is 0. The standard InChI is InChI=1S/C20H43N.BrH/c1-3-4-5-6-7-8-9-10-11-12-13-14-15-16-17-18-19-20(2)21;/h20H,3-19,21H2,1-2H3;1H. The van der Waals surface area contributed by atoms with Gasteiger partial charge in [0.2, 0.25) is 0 Å². The average molecular weight is 378 g/mol. The lowest BCUT2D eigenvalue weighted by atomic mass is 10.0. The van der Waals surface area contributed by atoms with E-state index in [0.29, 0.717) is 6.04 Å². The number of hydrogen-bond donors (Lipinski definition) is 1. The summed E-state index contributed by atoms with van der Waals surface area (Å²) in [5.41, 5.74) is 5.75. The van der Waals surface area contributed by atoms with Gasteiger partial charge in [0.05, 0.1) is 0 Å². The molecule has 1 atom stereocenters. The first-order valence-electron chi connectivity index (χ1n) is 10.0. The predicted octanol–water partition coefficient (Wildman–Crippen LogP) is 7.56.